The standard InChI is InChI=1S/C22H17ClN4O2/c23-16-8-4-7-15(11-16)19-12-18(26-29-19)22(28)25-21-20(14-5-2-1-3-6-14)24-13-27(21)17-9-10-17/h1-8,11-13,17H,9-10H2,(H,25,28). The lowest BCUT2D eigenvalue weighted by Crippen LogP contribution is -2.15. The van der Waals surface area contributed by atoms with Gasteiger partial charge in [-0.05, 0) is 25.0 Å². The lowest BCUT2D eigenvalue weighted by Gasteiger charge is -2.10. The average molecular weight is 405 g/mol. The van der Waals surface area contributed by atoms with Gasteiger partial charge in [-0.15, -0.1) is 0 Å². The number of halogens is 1. The zero-order valence-electron chi connectivity index (χ0n) is 15.4. The van der Waals surface area contributed by atoms with Crippen LogP contribution in [0.15, 0.2) is 71.5 Å². The first kappa shape index (κ1) is 17.7. The molecule has 0 radical (unpaired) electrons. The third-order valence-electron chi connectivity index (χ3n) is 4.87. The lowest BCUT2D eigenvalue weighted by molar-refractivity contribution is 0.101. The molecular formula is C22H17ClN4O2. The molecule has 4 aromatic rings. The first-order chi connectivity index (χ1) is 14.2. The molecule has 0 unspecified atom stereocenters. The van der Waals surface area contributed by atoms with E-state index in [4.69, 9.17) is 16.1 Å². The molecule has 0 bridgehead atoms. The molecule has 2 aromatic carbocycles. The second-order valence-electron chi connectivity index (χ2n) is 6.99. The molecule has 2 aromatic heterocycles. The Bertz CT molecular complexity index is 1180. The zero-order valence-corrected chi connectivity index (χ0v) is 16.1. The number of carbonyl (C=O) groups is 1. The maximum atomic E-state index is 12.9. The fourth-order valence-corrected chi connectivity index (χ4v) is 3.44. The van der Waals surface area contributed by atoms with Crippen molar-refractivity contribution < 1.29 is 9.32 Å². The van der Waals surface area contributed by atoms with E-state index in [2.05, 4.69) is 15.5 Å². The van der Waals surface area contributed by atoms with Crippen molar-refractivity contribution in [1.29, 1.82) is 0 Å². The molecule has 0 atom stereocenters. The third kappa shape index (κ3) is 3.54. The lowest BCUT2D eigenvalue weighted by atomic mass is 10.1. The van der Waals surface area contributed by atoms with Crippen LogP contribution >= 0.6 is 11.6 Å². The van der Waals surface area contributed by atoms with E-state index in [1.165, 1.54) is 0 Å². The summed E-state index contributed by atoms with van der Waals surface area (Å²) in [5.74, 6) is 0.814. The maximum Gasteiger partial charge on any atom is 0.279 e. The minimum Gasteiger partial charge on any atom is -0.355 e. The van der Waals surface area contributed by atoms with Gasteiger partial charge in [0.2, 0.25) is 0 Å². The molecule has 144 valence electrons. The molecule has 1 N–H and O–H groups in total. The summed E-state index contributed by atoms with van der Waals surface area (Å²) >= 11 is 6.04. The van der Waals surface area contributed by atoms with Gasteiger partial charge >= 0.3 is 0 Å². The van der Waals surface area contributed by atoms with E-state index in [0.29, 0.717) is 22.6 Å². The molecule has 0 spiro atoms. The number of anilines is 1. The van der Waals surface area contributed by atoms with E-state index >= 15 is 0 Å². The summed E-state index contributed by atoms with van der Waals surface area (Å²) in [6, 6.07) is 19.0. The maximum absolute atomic E-state index is 12.9. The summed E-state index contributed by atoms with van der Waals surface area (Å²) in [7, 11) is 0. The normalized spacial score (nSPS) is 13.4. The van der Waals surface area contributed by atoms with Gasteiger partial charge in [0.1, 0.15) is 11.5 Å². The van der Waals surface area contributed by atoms with E-state index in [-0.39, 0.29) is 11.6 Å². The van der Waals surface area contributed by atoms with Gasteiger partial charge in [-0.1, -0.05) is 59.2 Å². The number of amides is 1. The van der Waals surface area contributed by atoms with E-state index in [1.807, 2.05) is 47.0 Å². The number of carbonyl (C=O) groups excluding carboxylic acids is 1. The second-order valence-corrected chi connectivity index (χ2v) is 7.42. The smallest absolute Gasteiger partial charge is 0.279 e. The SMILES string of the molecule is O=C(Nc1c(-c2ccccc2)ncn1C1CC1)c1cc(-c2cccc(Cl)c2)on1. The fourth-order valence-electron chi connectivity index (χ4n) is 3.25. The molecule has 29 heavy (non-hydrogen) atoms. The Hall–Kier alpha value is -3.38. The van der Waals surface area contributed by atoms with Crippen LogP contribution in [0.3, 0.4) is 0 Å². The van der Waals surface area contributed by atoms with Gasteiger partial charge in [-0.25, -0.2) is 4.98 Å². The Balaban J connectivity index is 1.45. The Morgan fingerprint density at radius 2 is 1.86 bits per heavy atom. The van der Waals surface area contributed by atoms with Crippen LogP contribution in [0.2, 0.25) is 5.02 Å². The number of hydrogen-bond acceptors (Lipinski definition) is 4. The molecule has 7 heteroatoms. The van der Waals surface area contributed by atoms with Crippen LogP contribution in [0.1, 0.15) is 29.4 Å². The van der Waals surface area contributed by atoms with Crippen LogP contribution in [-0.4, -0.2) is 20.6 Å². The van der Waals surface area contributed by atoms with Gasteiger partial charge in [-0.3, -0.25) is 4.79 Å². The minimum atomic E-state index is -0.346. The molecule has 1 saturated carbocycles. The molecule has 2 heterocycles. The summed E-state index contributed by atoms with van der Waals surface area (Å²) in [5.41, 5.74) is 2.64. The van der Waals surface area contributed by atoms with Crippen LogP contribution in [-0.2, 0) is 0 Å². The highest BCUT2D eigenvalue weighted by Crippen LogP contribution is 2.40. The second kappa shape index (κ2) is 7.22. The predicted octanol–water partition coefficient (Wildman–Crippen LogP) is 5.45. The van der Waals surface area contributed by atoms with Crippen LogP contribution in [0.5, 0.6) is 0 Å². The van der Waals surface area contributed by atoms with E-state index < -0.39 is 0 Å². The monoisotopic (exact) mass is 404 g/mol. The summed E-state index contributed by atoms with van der Waals surface area (Å²) < 4.78 is 7.39. The zero-order chi connectivity index (χ0) is 19.8. The summed E-state index contributed by atoms with van der Waals surface area (Å²) in [6.45, 7) is 0. The van der Waals surface area contributed by atoms with Crippen LogP contribution in [0.25, 0.3) is 22.6 Å². The molecule has 6 nitrogen and oxygen atoms in total. The number of rotatable bonds is 5. The van der Waals surface area contributed by atoms with Gasteiger partial charge in [-0.2, -0.15) is 0 Å². The van der Waals surface area contributed by atoms with E-state index in [9.17, 15) is 4.79 Å². The van der Waals surface area contributed by atoms with Crippen molar-refractivity contribution >= 4 is 23.3 Å². The highest BCUT2D eigenvalue weighted by atomic mass is 35.5. The number of nitrogens with one attached hydrogen (secondary N) is 1. The molecule has 1 aliphatic carbocycles. The van der Waals surface area contributed by atoms with Crippen LogP contribution in [0.4, 0.5) is 5.82 Å². The Morgan fingerprint density at radius 3 is 2.62 bits per heavy atom. The molecule has 5 rings (SSSR count). The van der Waals surface area contributed by atoms with Gasteiger partial charge in [0.05, 0.1) is 6.33 Å². The van der Waals surface area contributed by atoms with E-state index in [0.717, 1.165) is 29.7 Å². The van der Waals surface area contributed by atoms with Gasteiger partial charge in [0.25, 0.3) is 5.91 Å². The Labute approximate surface area is 172 Å². The van der Waals surface area contributed by atoms with Crippen LogP contribution in [0, 0.1) is 0 Å². The first-order valence-electron chi connectivity index (χ1n) is 9.35. The first-order valence-corrected chi connectivity index (χ1v) is 9.73. The predicted molar refractivity (Wildman–Crippen MR) is 111 cm³/mol. The van der Waals surface area contributed by atoms with Crippen molar-refractivity contribution in [3.8, 4) is 22.6 Å². The van der Waals surface area contributed by atoms with Gasteiger partial charge in [0.15, 0.2) is 11.5 Å². The van der Waals surface area contributed by atoms with Crippen molar-refractivity contribution in [1.82, 2.24) is 14.7 Å². The molecule has 1 fully saturated rings. The van der Waals surface area contributed by atoms with Crippen molar-refractivity contribution in [3.05, 3.63) is 77.7 Å². The Kier molecular flexibility index (Phi) is 4.41. The van der Waals surface area contributed by atoms with Crippen LogP contribution < -0.4 is 5.32 Å². The number of imidazole rings is 1. The molecule has 0 aliphatic heterocycles. The third-order valence-corrected chi connectivity index (χ3v) is 5.10. The number of benzene rings is 2. The highest BCUT2D eigenvalue weighted by molar-refractivity contribution is 6.30. The van der Waals surface area contributed by atoms with Gasteiger partial charge in [0, 0.05) is 28.3 Å². The van der Waals surface area contributed by atoms with Crippen molar-refractivity contribution in [2.75, 3.05) is 5.32 Å². The van der Waals surface area contributed by atoms with E-state index in [1.54, 1.807) is 24.5 Å². The largest absolute Gasteiger partial charge is 0.355 e. The molecule has 1 amide bonds. The molecule has 0 saturated heterocycles. The summed E-state index contributed by atoms with van der Waals surface area (Å²) in [5, 5.41) is 7.51. The molecule has 1 aliphatic rings. The Morgan fingerprint density at radius 1 is 1.07 bits per heavy atom. The number of aromatic nitrogens is 3. The topological polar surface area (TPSA) is 73.0 Å². The average Bonchev–Trinajstić information content (AvgIpc) is 3.30. The van der Waals surface area contributed by atoms with Crippen molar-refractivity contribution in [2.45, 2.75) is 18.9 Å². The minimum absolute atomic E-state index is 0.197. The number of nitrogens with zero attached hydrogens (tertiary/aromatic N) is 3. The highest BCUT2D eigenvalue weighted by Gasteiger charge is 2.29. The fraction of sp³-hybridized carbons (Fsp3) is 0.136. The summed E-state index contributed by atoms with van der Waals surface area (Å²) in [6.07, 6.45) is 3.95. The van der Waals surface area contributed by atoms with Crippen molar-refractivity contribution in [2.24, 2.45) is 0 Å². The summed E-state index contributed by atoms with van der Waals surface area (Å²) in [4.78, 5) is 17.4. The quantitative estimate of drug-likeness (QED) is 0.480. The van der Waals surface area contributed by atoms with Gasteiger partial charge < -0.3 is 14.4 Å². The number of hydrogen-bond donors (Lipinski definition) is 1. The molecular weight excluding hydrogens is 388 g/mol. The van der Waals surface area contributed by atoms with Crippen molar-refractivity contribution in [3.63, 3.8) is 0 Å².